The van der Waals surface area contributed by atoms with Gasteiger partial charge in [0.05, 0.1) is 30.6 Å². The van der Waals surface area contributed by atoms with E-state index in [9.17, 15) is 18.7 Å². The lowest BCUT2D eigenvalue weighted by Gasteiger charge is -2.34. The van der Waals surface area contributed by atoms with Crippen LogP contribution in [-0.2, 0) is 11.3 Å². The molecule has 3 aromatic rings. The largest absolute Gasteiger partial charge is 0.395 e. The predicted octanol–water partition coefficient (Wildman–Crippen LogP) is 2.28. The van der Waals surface area contributed by atoms with Crippen LogP contribution in [0.3, 0.4) is 0 Å². The topological polar surface area (TPSA) is 83.7 Å². The van der Waals surface area contributed by atoms with E-state index in [1.165, 1.54) is 18.3 Å². The summed E-state index contributed by atoms with van der Waals surface area (Å²) >= 11 is 0. The van der Waals surface area contributed by atoms with Crippen LogP contribution in [0.1, 0.15) is 13.3 Å². The van der Waals surface area contributed by atoms with Gasteiger partial charge in [-0.15, -0.1) is 0 Å². The first-order valence-corrected chi connectivity index (χ1v) is 11.5. The quantitative estimate of drug-likeness (QED) is 0.478. The maximum absolute atomic E-state index is 14.4. The smallest absolute Gasteiger partial charge is 0.294 e. The Morgan fingerprint density at radius 1 is 1.12 bits per heavy atom. The molecule has 0 saturated carbocycles. The number of anilines is 1. The Hall–Kier alpha value is -2.95. The maximum atomic E-state index is 14.4. The summed E-state index contributed by atoms with van der Waals surface area (Å²) in [7, 11) is 0. The number of β-amino-alcohol motifs (C(OH)–C–C–N with tert-alkyl or cyclic N) is 1. The molecule has 0 spiro atoms. The molecule has 1 saturated heterocycles. The van der Waals surface area contributed by atoms with E-state index in [1.54, 1.807) is 10.6 Å². The third kappa shape index (κ3) is 5.08. The van der Waals surface area contributed by atoms with Crippen molar-refractivity contribution < 1.29 is 18.6 Å². The van der Waals surface area contributed by atoms with E-state index in [1.807, 2.05) is 11.8 Å². The molecule has 0 radical (unpaired) electrons. The number of rotatable bonds is 9. The van der Waals surface area contributed by atoms with Gasteiger partial charge in [-0.3, -0.25) is 14.7 Å². The molecular weight excluding hydrogens is 444 g/mol. The normalized spacial score (nSPS) is 14.8. The maximum Gasteiger partial charge on any atom is 0.294 e. The predicted molar refractivity (Wildman–Crippen MR) is 126 cm³/mol. The zero-order valence-electron chi connectivity index (χ0n) is 19.2. The molecule has 4 rings (SSSR count). The molecule has 0 unspecified atom stereocenters. The Labute approximate surface area is 196 Å². The van der Waals surface area contributed by atoms with Crippen LogP contribution in [0.25, 0.3) is 22.3 Å². The molecule has 1 aliphatic heterocycles. The number of nitrogens with zero attached hydrogens (tertiary/aromatic N) is 5. The van der Waals surface area contributed by atoms with E-state index in [2.05, 4.69) is 14.9 Å². The average Bonchev–Trinajstić information content (AvgIpc) is 2.85. The summed E-state index contributed by atoms with van der Waals surface area (Å²) in [4.78, 5) is 26.5. The van der Waals surface area contributed by atoms with Gasteiger partial charge in [-0.05, 0) is 24.6 Å². The molecule has 0 amide bonds. The van der Waals surface area contributed by atoms with Crippen LogP contribution in [0.15, 0.2) is 35.3 Å². The molecule has 1 aliphatic rings. The first-order chi connectivity index (χ1) is 16.5. The minimum Gasteiger partial charge on any atom is -0.395 e. The van der Waals surface area contributed by atoms with Crippen molar-refractivity contribution in [3.8, 4) is 11.3 Å². The number of fused-ring (bicyclic) bond motifs is 1. The third-order valence-electron chi connectivity index (χ3n) is 5.94. The van der Waals surface area contributed by atoms with Gasteiger partial charge in [0.25, 0.3) is 5.56 Å². The fraction of sp³-hybridized carbons (Fsp3) is 0.458. The lowest BCUT2D eigenvalue weighted by molar-refractivity contribution is 0.127. The van der Waals surface area contributed by atoms with Crippen LogP contribution < -0.4 is 10.5 Å². The summed E-state index contributed by atoms with van der Waals surface area (Å²) in [6.07, 6.45) is 2.35. The van der Waals surface area contributed by atoms with Crippen molar-refractivity contribution in [1.29, 1.82) is 0 Å². The summed E-state index contributed by atoms with van der Waals surface area (Å²) < 4.78 is 35.4. The molecule has 1 fully saturated rings. The first-order valence-electron chi connectivity index (χ1n) is 11.5. The van der Waals surface area contributed by atoms with Gasteiger partial charge in [0.1, 0.15) is 5.52 Å². The fourth-order valence-corrected chi connectivity index (χ4v) is 4.14. The number of hydrogen-bond donors (Lipinski definition) is 1. The number of piperazine rings is 1. The standard InChI is InChI=1S/C24H29F2N5O3/c1-2-13-34-14-11-31-21-15-19(17-4-3-5-18(25)22(17)26)27-16-20(21)28-23(24(31)33)30-8-6-29(7-9-30)10-12-32/h3-5,15-16,32H,2,6-14H2,1H3. The number of pyridine rings is 1. The summed E-state index contributed by atoms with van der Waals surface area (Å²) in [5, 5.41) is 9.17. The number of aromatic nitrogens is 3. The van der Waals surface area contributed by atoms with E-state index in [4.69, 9.17) is 4.74 Å². The summed E-state index contributed by atoms with van der Waals surface area (Å²) in [5.74, 6) is -1.61. The van der Waals surface area contributed by atoms with E-state index >= 15 is 0 Å². The van der Waals surface area contributed by atoms with Crippen LogP contribution in [0.4, 0.5) is 14.6 Å². The van der Waals surface area contributed by atoms with Crippen LogP contribution >= 0.6 is 0 Å². The highest BCUT2D eigenvalue weighted by atomic mass is 19.2. The van der Waals surface area contributed by atoms with Crippen molar-refractivity contribution in [2.45, 2.75) is 19.9 Å². The second-order valence-electron chi connectivity index (χ2n) is 8.22. The van der Waals surface area contributed by atoms with Gasteiger partial charge in [0, 0.05) is 51.4 Å². The first kappa shape index (κ1) is 24.2. The van der Waals surface area contributed by atoms with Crippen molar-refractivity contribution in [3.05, 3.63) is 52.5 Å². The van der Waals surface area contributed by atoms with E-state index in [0.717, 1.165) is 25.6 Å². The van der Waals surface area contributed by atoms with Crippen molar-refractivity contribution in [2.24, 2.45) is 0 Å². The average molecular weight is 474 g/mol. The Kier molecular flexibility index (Phi) is 7.81. The van der Waals surface area contributed by atoms with Gasteiger partial charge in [0.2, 0.25) is 0 Å². The molecule has 0 bridgehead atoms. The van der Waals surface area contributed by atoms with Gasteiger partial charge in [0.15, 0.2) is 17.5 Å². The minimum atomic E-state index is -0.986. The fourth-order valence-electron chi connectivity index (χ4n) is 4.14. The van der Waals surface area contributed by atoms with Crippen molar-refractivity contribution in [2.75, 3.05) is 57.4 Å². The summed E-state index contributed by atoms with van der Waals surface area (Å²) in [6.45, 7) is 6.57. The zero-order valence-corrected chi connectivity index (χ0v) is 19.2. The highest BCUT2D eigenvalue weighted by molar-refractivity contribution is 5.80. The zero-order chi connectivity index (χ0) is 24.1. The molecule has 3 heterocycles. The molecule has 182 valence electrons. The van der Waals surface area contributed by atoms with Crippen molar-refractivity contribution in [1.82, 2.24) is 19.4 Å². The Balaban J connectivity index is 1.75. The second-order valence-corrected chi connectivity index (χ2v) is 8.22. The monoisotopic (exact) mass is 473 g/mol. The highest BCUT2D eigenvalue weighted by Crippen LogP contribution is 2.25. The minimum absolute atomic E-state index is 0.0206. The van der Waals surface area contributed by atoms with Crippen molar-refractivity contribution in [3.63, 3.8) is 0 Å². The Morgan fingerprint density at radius 2 is 1.91 bits per heavy atom. The number of benzene rings is 1. The van der Waals surface area contributed by atoms with Gasteiger partial charge < -0.3 is 19.3 Å². The van der Waals surface area contributed by atoms with Crippen LogP contribution in [0.2, 0.25) is 0 Å². The Morgan fingerprint density at radius 3 is 2.65 bits per heavy atom. The number of ether oxygens (including phenoxy) is 1. The Bertz CT molecular complexity index is 1200. The van der Waals surface area contributed by atoms with Gasteiger partial charge in [-0.1, -0.05) is 13.0 Å². The van der Waals surface area contributed by atoms with E-state index in [-0.39, 0.29) is 23.4 Å². The van der Waals surface area contributed by atoms with Crippen LogP contribution in [-0.4, -0.2) is 77.1 Å². The van der Waals surface area contributed by atoms with E-state index in [0.29, 0.717) is 56.2 Å². The molecule has 2 aromatic heterocycles. The number of hydrogen-bond acceptors (Lipinski definition) is 7. The lowest BCUT2D eigenvalue weighted by Crippen LogP contribution is -2.49. The molecule has 0 atom stereocenters. The molecule has 10 heteroatoms. The van der Waals surface area contributed by atoms with E-state index < -0.39 is 11.6 Å². The van der Waals surface area contributed by atoms with Gasteiger partial charge >= 0.3 is 0 Å². The lowest BCUT2D eigenvalue weighted by atomic mass is 10.1. The van der Waals surface area contributed by atoms with Gasteiger partial charge in [-0.25, -0.2) is 13.8 Å². The molecule has 34 heavy (non-hydrogen) atoms. The number of halogens is 2. The molecule has 1 aromatic carbocycles. The van der Waals surface area contributed by atoms with Crippen molar-refractivity contribution >= 4 is 16.9 Å². The number of aliphatic hydroxyl groups is 1. The molecule has 1 N–H and O–H groups in total. The molecule has 8 nitrogen and oxygen atoms in total. The number of aliphatic hydroxyl groups excluding tert-OH is 1. The second kappa shape index (κ2) is 11.0. The van der Waals surface area contributed by atoms with Crippen LogP contribution in [0.5, 0.6) is 0 Å². The third-order valence-corrected chi connectivity index (χ3v) is 5.94. The summed E-state index contributed by atoms with van der Waals surface area (Å²) in [6, 6.07) is 5.50. The van der Waals surface area contributed by atoms with Crippen LogP contribution in [0, 0.1) is 11.6 Å². The SMILES string of the molecule is CCCOCCn1c(=O)c(N2CCN(CCO)CC2)nc2cnc(-c3cccc(F)c3F)cc21. The highest BCUT2D eigenvalue weighted by Gasteiger charge is 2.23. The summed E-state index contributed by atoms with van der Waals surface area (Å²) in [5.41, 5.74) is 0.955. The molecular formula is C24H29F2N5O3. The molecule has 0 aliphatic carbocycles. The van der Waals surface area contributed by atoms with Gasteiger partial charge in [-0.2, -0.15) is 0 Å².